The van der Waals surface area contributed by atoms with Crippen molar-refractivity contribution in [2.24, 2.45) is 4.99 Å². The van der Waals surface area contributed by atoms with Gasteiger partial charge in [-0.25, -0.2) is 0 Å². The summed E-state index contributed by atoms with van der Waals surface area (Å²) in [5.41, 5.74) is 0. The summed E-state index contributed by atoms with van der Waals surface area (Å²) < 4.78 is 4.99. The SMILES string of the molecule is COCCCCCN=C(N(C)C)N(C)C.I. The number of unbranched alkanes of at least 4 members (excludes halogenated alkanes) is 2. The summed E-state index contributed by atoms with van der Waals surface area (Å²) in [5.74, 6) is 1.03. The van der Waals surface area contributed by atoms with Gasteiger partial charge in [-0.3, -0.25) is 4.99 Å². The van der Waals surface area contributed by atoms with Gasteiger partial charge in [0.15, 0.2) is 5.96 Å². The molecule has 0 fully saturated rings. The first kappa shape index (κ1) is 18.3. The summed E-state index contributed by atoms with van der Waals surface area (Å²) in [5, 5.41) is 0. The molecule has 0 aromatic heterocycles. The Morgan fingerprint density at radius 1 is 1.00 bits per heavy atom. The first-order chi connectivity index (χ1) is 7.09. The van der Waals surface area contributed by atoms with E-state index >= 15 is 0 Å². The van der Waals surface area contributed by atoms with Gasteiger partial charge in [-0.1, -0.05) is 0 Å². The molecule has 0 saturated heterocycles. The number of halogens is 1. The van der Waals surface area contributed by atoms with Crippen LogP contribution >= 0.6 is 24.0 Å². The second-order valence-electron chi connectivity index (χ2n) is 4.02. The second-order valence-corrected chi connectivity index (χ2v) is 4.02. The second kappa shape index (κ2) is 11.4. The Kier molecular flexibility index (Phi) is 13.1. The van der Waals surface area contributed by atoms with Crippen LogP contribution in [0.3, 0.4) is 0 Å². The lowest BCUT2D eigenvalue weighted by Crippen LogP contribution is -2.35. The molecule has 0 heterocycles. The van der Waals surface area contributed by atoms with Crippen molar-refractivity contribution in [3.63, 3.8) is 0 Å². The topological polar surface area (TPSA) is 28.1 Å². The highest BCUT2D eigenvalue weighted by Gasteiger charge is 2.02. The van der Waals surface area contributed by atoms with Crippen molar-refractivity contribution in [3.8, 4) is 0 Å². The van der Waals surface area contributed by atoms with Crippen molar-refractivity contribution in [3.05, 3.63) is 0 Å². The molecule has 0 unspecified atom stereocenters. The molecular formula is C11H26IN3O. The van der Waals surface area contributed by atoms with Crippen molar-refractivity contribution in [2.75, 3.05) is 48.5 Å². The lowest BCUT2D eigenvalue weighted by Gasteiger charge is -2.22. The van der Waals surface area contributed by atoms with Crippen LogP contribution in [0.25, 0.3) is 0 Å². The van der Waals surface area contributed by atoms with E-state index < -0.39 is 0 Å². The number of hydrogen-bond donors (Lipinski definition) is 0. The first-order valence-corrected chi connectivity index (χ1v) is 5.47. The van der Waals surface area contributed by atoms with Crippen molar-refractivity contribution >= 4 is 29.9 Å². The molecule has 0 N–H and O–H groups in total. The Morgan fingerprint density at radius 2 is 1.56 bits per heavy atom. The Labute approximate surface area is 117 Å². The maximum absolute atomic E-state index is 4.99. The van der Waals surface area contributed by atoms with Crippen molar-refractivity contribution in [1.29, 1.82) is 0 Å². The molecule has 5 heteroatoms. The van der Waals surface area contributed by atoms with Crippen molar-refractivity contribution in [1.82, 2.24) is 9.80 Å². The van der Waals surface area contributed by atoms with E-state index in [0.717, 1.165) is 32.0 Å². The molecule has 0 aliphatic carbocycles. The van der Waals surface area contributed by atoms with Gasteiger partial charge in [0.2, 0.25) is 0 Å². The molecule has 0 rings (SSSR count). The minimum atomic E-state index is 0. The smallest absolute Gasteiger partial charge is 0.195 e. The van der Waals surface area contributed by atoms with Gasteiger partial charge in [-0.15, -0.1) is 24.0 Å². The molecule has 16 heavy (non-hydrogen) atoms. The van der Waals surface area contributed by atoms with E-state index in [9.17, 15) is 0 Å². The van der Waals surface area contributed by atoms with Crippen LogP contribution in [0.1, 0.15) is 19.3 Å². The van der Waals surface area contributed by atoms with Crippen LogP contribution < -0.4 is 0 Å². The minimum Gasteiger partial charge on any atom is -0.385 e. The van der Waals surface area contributed by atoms with E-state index in [1.54, 1.807) is 7.11 Å². The molecule has 0 atom stereocenters. The van der Waals surface area contributed by atoms with E-state index in [2.05, 4.69) is 4.99 Å². The molecule has 0 amide bonds. The zero-order valence-electron chi connectivity index (χ0n) is 11.2. The molecule has 0 aliphatic heterocycles. The molecule has 0 radical (unpaired) electrons. The summed E-state index contributed by atoms with van der Waals surface area (Å²) in [7, 11) is 9.81. The summed E-state index contributed by atoms with van der Waals surface area (Å²) in [6.45, 7) is 1.76. The maximum atomic E-state index is 4.99. The van der Waals surface area contributed by atoms with Crippen LogP contribution in [0.4, 0.5) is 0 Å². The normalized spacial score (nSPS) is 9.31. The monoisotopic (exact) mass is 343 g/mol. The predicted molar refractivity (Wildman–Crippen MR) is 80.8 cm³/mol. The van der Waals surface area contributed by atoms with E-state index in [4.69, 9.17) is 4.74 Å². The molecule has 0 saturated carbocycles. The van der Waals surface area contributed by atoms with Gasteiger partial charge in [-0.05, 0) is 19.3 Å². The number of guanidine groups is 1. The Morgan fingerprint density at radius 3 is 2.00 bits per heavy atom. The molecule has 4 nitrogen and oxygen atoms in total. The van der Waals surface area contributed by atoms with Crippen LogP contribution in [0.5, 0.6) is 0 Å². The fraction of sp³-hybridized carbons (Fsp3) is 0.909. The summed E-state index contributed by atoms with van der Waals surface area (Å²) >= 11 is 0. The van der Waals surface area contributed by atoms with Crippen LogP contribution in [-0.4, -0.2) is 64.2 Å². The third kappa shape index (κ3) is 9.21. The summed E-state index contributed by atoms with van der Waals surface area (Å²) in [4.78, 5) is 8.62. The fourth-order valence-electron chi connectivity index (χ4n) is 1.40. The Balaban J connectivity index is 0. The van der Waals surface area contributed by atoms with Crippen molar-refractivity contribution < 1.29 is 4.74 Å². The Bertz CT molecular complexity index is 174. The molecule has 0 aliphatic rings. The zero-order valence-corrected chi connectivity index (χ0v) is 13.5. The van der Waals surface area contributed by atoms with Gasteiger partial charge in [0.05, 0.1) is 0 Å². The largest absolute Gasteiger partial charge is 0.385 e. The van der Waals surface area contributed by atoms with Gasteiger partial charge in [0, 0.05) is 48.5 Å². The standard InChI is InChI=1S/C11H25N3O.HI/c1-13(2)11(14(3)4)12-9-7-6-8-10-15-5;/h6-10H2,1-5H3;1H. The Hall–Kier alpha value is -0.0400. The van der Waals surface area contributed by atoms with Gasteiger partial charge in [-0.2, -0.15) is 0 Å². The number of hydrogen-bond acceptors (Lipinski definition) is 2. The quantitative estimate of drug-likeness (QED) is 0.319. The highest BCUT2D eigenvalue weighted by Crippen LogP contribution is 1.97. The highest BCUT2D eigenvalue weighted by molar-refractivity contribution is 14.0. The van der Waals surface area contributed by atoms with E-state index in [0.29, 0.717) is 0 Å². The van der Waals surface area contributed by atoms with Crippen LogP contribution in [0.15, 0.2) is 4.99 Å². The van der Waals surface area contributed by atoms with Gasteiger partial charge in [0.1, 0.15) is 0 Å². The van der Waals surface area contributed by atoms with Crippen LogP contribution in [0, 0.1) is 0 Å². The highest BCUT2D eigenvalue weighted by atomic mass is 127. The average Bonchev–Trinajstić information content (AvgIpc) is 2.15. The minimum absolute atomic E-state index is 0. The third-order valence-electron chi connectivity index (χ3n) is 2.06. The fourth-order valence-corrected chi connectivity index (χ4v) is 1.40. The molecule has 0 bridgehead atoms. The molecule has 0 aromatic carbocycles. The predicted octanol–water partition coefficient (Wildman–Crippen LogP) is 1.90. The van der Waals surface area contributed by atoms with E-state index in [1.165, 1.54) is 6.42 Å². The molecule has 98 valence electrons. The van der Waals surface area contributed by atoms with Gasteiger partial charge >= 0.3 is 0 Å². The number of nitrogens with zero attached hydrogens (tertiary/aromatic N) is 3. The average molecular weight is 343 g/mol. The lowest BCUT2D eigenvalue weighted by atomic mass is 10.2. The summed E-state index contributed by atoms with van der Waals surface area (Å²) in [6, 6.07) is 0. The number of aliphatic imine (C=N–C) groups is 1. The number of rotatable bonds is 6. The zero-order chi connectivity index (χ0) is 11.7. The van der Waals surface area contributed by atoms with Gasteiger partial charge < -0.3 is 14.5 Å². The third-order valence-corrected chi connectivity index (χ3v) is 2.06. The maximum Gasteiger partial charge on any atom is 0.195 e. The van der Waals surface area contributed by atoms with E-state index in [-0.39, 0.29) is 24.0 Å². The first-order valence-electron chi connectivity index (χ1n) is 5.47. The van der Waals surface area contributed by atoms with Gasteiger partial charge in [0.25, 0.3) is 0 Å². The van der Waals surface area contributed by atoms with Crippen LogP contribution in [-0.2, 0) is 4.74 Å². The van der Waals surface area contributed by atoms with Crippen molar-refractivity contribution in [2.45, 2.75) is 19.3 Å². The lowest BCUT2D eigenvalue weighted by molar-refractivity contribution is 0.192. The molecular weight excluding hydrogens is 317 g/mol. The van der Waals surface area contributed by atoms with Crippen LogP contribution in [0.2, 0.25) is 0 Å². The number of methoxy groups -OCH3 is 1. The number of ether oxygens (including phenoxy) is 1. The molecule has 0 aromatic rings. The van der Waals surface area contributed by atoms with E-state index in [1.807, 2.05) is 38.0 Å². The summed E-state index contributed by atoms with van der Waals surface area (Å²) in [6.07, 6.45) is 3.45. The molecule has 0 spiro atoms.